The molecule has 1 N–H and O–H groups in total. The monoisotopic (exact) mass is 391 g/mol. The highest BCUT2D eigenvalue weighted by molar-refractivity contribution is 6.32. The van der Waals surface area contributed by atoms with Gasteiger partial charge in [0, 0.05) is 17.7 Å². The van der Waals surface area contributed by atoms with Crippen molar-refractivity contribution in [3.8, 4) is 11.8 Å². The molecule has 1 fully saturated rings. The van der Waals surface area contributed by atoms with Gasteiger partial charge in [0.1, 0.15) is 5.60 Å². The molecule has 1 saturated heterocycles. The van der Waals surface area contributed by atoms with Gasteiger partial charge in [-0.05, 0) is 73.5 Å². The fourth-order valence-electron chi connectivity index (χ4n) is 2.92. The molecule has 1 amide bonds. The van der Waals surface area contributed by atoms with E-state index in [4.69, 9.17) is 16.3 Å². The summed E-state index contributed by atoms with van der Waals surface area (Å²) in [5.74, 6) is 7.10. The normalized spacial score (nSPS) is 16.4. The van der Waals surface area contributed by atoms with Crippen LogP contribution in [0.4, 0.5) is 10.6 Å². The van der Waals surface area contributed by atoms with Crippen LogP contribution in [0.3, 0.4) is 0 Å². The van der Waals surface area contributed by atoms with Crippen molar-refractivity contribution in [2.24, 2.45) is 5.92 Å². The zero-order valence-electron chi connectivity index (χ0n) is 17.1. The standard InChI is InChI=1S/C21H30ClN3O2/c1-20(2,3)25-13-10-15(11-14-25)7-8-16-17(22)9-12-23-18(16)24-19(26)27-21(4,5)6/h9,12,15H,10-11,13-14H2,1-6H3,(H,23,24,26). The third-order valence-corrected chi connectivity index (χ3v) is 4.68. The zero-order chi connectivity index (χ0) is 20.2. The predicted molar refractivity (Wildman–Crippen MR) is 110 cm³/mol. The third-order valence-electron chi connectivity index (χ3n) is 4.36. The van der Waals surface area contributed by atoms with Crippen molar-refractivity contribution in [3.05, 3.63) is 22.8 Å². The summed E-state index contributed by atoms with van der Waals surface area (Å²) in [6.45, 7) is 14.2. The van der Waals surface area contributed by atoms with Gasteiger partial charge >= 0.3 is 6.09 Å². The first-order valence-corrected chi connectivity index (χ1v) is 9.74. The Morgan fingerprint density at radius 1 is 1.26 bits per heavy atom. The number of nitrogens with one attached hydrogen (secondary N) is 1. The molecule has 0 aliphatic carbocycles. The van der Waals surface area contributed by atoms with E-state index in [1.807, 2.05) is 20.8 Å². The number of hydrogen-bond donors (Lipinski definition) is 1. The van der Waals surface area contributed by atoms with Crippen molar-refractivity contribution < 1.29 is 9.53 Å². The second-order valence-corrected chi connectivity index (χ2v) is 9.25. The molecule has 0 radical (unpaired) electrons. The van der Waals surface area contributed by atoms with E-state index in [9.17, 15) is 4.79 Å². The van der Waals surface area contributed by atoms with Gasteiger partial charge < -0.3 is 4.74 Å². The average molecular weight is 392 g/mol. The molecule has 1 aromatic rings. The Morgan fingerprint density at radius 2 is 1.89 bits per heavy atom. The quantitative estimate of drug-likeness (QED) is 0.688. The van der Waals surface area contributed by atoms with Gasteiger partial charge in [-0.3, -0.25) is 10.2 Å². The van der Waals surface area contributed by atoms with Gasteiger partial charge in [-0.2, -0.15) is 0 Å². The first-order valence-electron chi connectivity index (χ1n) is 9.37. The first-order chi connectivity index (χ1) is 12.5. The van der Waals surface area contributed by atoms with Crippen molar-refractivity contribution in [3.63, 3.8) is 0 Å². The van der Waals surface area contributed by atoms with Gasteiger partial charge in [-0.25, -0.2) is 9.78 Å². The molecule has 148 valence electrons. The summed E-state index contributed by atoms with van der Waals surface area (Å²) in [5.41, 5.74) is 0.133. The Labute approximate surface area is 167 Å². The highest BCUT2D eigenvalue weighted by atomic mass is 35.5. The maximum absolute atomic E-state index is 12.1. The summed E-state index contributed by atoms with van der Waals surface area (Å²) in [4.78, 5) is 18.8. The molecular weight excluding hydrogens is 362 g/mol. The van der Waals surface area contributed by atoms with Crippen molar-refractivity contribution >= 4 is 23.5 Å². The van der Waals surface area contributed by atoms with E-state index < -0.39 is 11.7 Å². The zero-order valence-corrected chi connectivity index (χ0v) is 17.9. The van der Waals surface area contributed by atoms with Crippen LogP contribution in [0.5, 0.6) is 0 Å². The molecule has 0 unspecified atom stereocenters. The number of carbonyl (C=O) groups is 1. The molecule has 2 rings (SSSR count). The lowest BCUT2D eigenvalue weighted by molar-refractivity contribution is 0.0635. The molecule has 1 aliphatic heterocycles. The lowest BCUT2D eigenvalue weighted by atomic mass is 9.93. The topological polar surface area (TPSA) is 54.5 Å². The van der Waals surface area contributed by atoms with Gasteiger partial charge in [0.15, 0.2) is 5.82 Å². The predicted octanol–water partition coefficient (Wildman–Crippen LogP) is 4.94. The van der Waals surface area contributed by atoms with E-state index in [1.54, 1.807) is 12.3 Å². The summed E-state index contributed by atoms with van der Waals surface area (Å²) >= 11 is 6.30. The number of piperidine rings is 1. The second-order valence-electron chi connectivity index (χ2n) is 8.84. The van der Waals surface area contributed by atoms with E-state index >= 15 is 0 Å². The van der Waals surface area contributed by atoms with Gasteiger partial charge in [0.2, 0.25) is 0 Å². The van der Waals surface area contributed by atoms with Crippen LogP contribution in [0.1, 0.15) is 59.9 Å². The number of ether oxygens (including phenoxy) is 1. The number of rotatable bonds is 1. The SMILES string of the molecule is CC(C)(C)OC(=O)Nc1nccc(Cl)c1C#CC1CCN(C(C)(C)C)CC1. The smallest absolute Gasteiger partial charge is 0.413 e. The van der Waals surface area contributed by atoms with Gasteiger partial charge in [-0.15, -0.1) is 0 Å². The average Bonchev–Trinajstić information content (AvgIpc) is 2.52. The Bertz CT molecular complexity index is 731. The first kappa shape index (κ1) is 21.5. The minimum absolute atomic E-state index is 0.190. The van der Waals surface area contributed by atoms with E-state index in [1.165, 1.54) is 0 Å². The van der Waals surface area contributed by atoms with Gasteiger partial charge in [0.05, 0.1) is 10.6 Å². The number of hydrogen-bond acceptors (Lipinski definition) is 4. The highest BCUT2D eigenvalue weighted by Crippen LogP contribution is 2.25. The molecule has 0 atom stereocenters. The Kier molecular flexibility index (Phi) is 6.77. The minimum atomic E-state index is -0.588. The van der Waals surface area contributed by atoms with Crippen LogP contribution in [0.15, 0.2) is 12.3 Å². The molecule has 1 aromatic heterocycles. The molecule has 0 saturated carbocycles. The lowest BCUT2D eigenvalue weighted by Gasteiger charge is -2.39. The number of anilines is 1. The molecule has 0 bridgehead atoms. The molecule has 2 heterocycles. The third kappa shape index (κ3) is 6.71. The highest BCUT2D eigenvalue weighted by Gasteiger charge is 2.26. The number of pyridine rings is 1. The fraction of sp³-hybridized carbons (Fsp3) is 0.619. The lowest BCUT2D eigenvalue weighted by Crippen LogP contribution is -2.45. The molecule has 1 aliphatic rings. The van der Waals surface area contributed by atoms with Crippen LogP contribution in [-0.2, 0) is 4.74 Å². The molecule has 6 heteroatoms. The number of aromatic nitrogens is 1. The molecule has 0 spiro atoms. The summed E-state index contributed by atoms with van der Waals surface area (Å²) in [7, 11) is 0. The fourth-order valence-corrected chi connectivity index (χ4v) is 3.11. The number of halogens is 1. The summed E-state index contributed by atoms with van der Waals surface area (Å²) in [6.07, 6.45) is 3.02. The Balaban J connectivity index is 2.10. The number of carbonyl (C=O) groups excluding carboxylic acids is 1. The van der Waals surface area contributed by atoms with Crippen LogP contribution in [0, 0.1) is 17.8 Å². The molecule has 27 heavy (non-hydrogen) atoms. The molecule has 5 nitrogen and oxygen atoms in total. The van der Waals surface area contributed by atoms with Crippen LogP contribution < -0.4 is 5.32 Å². The number of nitrogens with zero attached hydrogens (tertiary/aromatic N) is 2. The van der Waals surface area contributed by atoms with Crippen LogP contribution >= 0.6 is 11.6 Å². The number of likely N-dealkylation sites (tertiary alicyclic amines) is 1. The molecular formula is C21H30ClN3O2. The van der Waals surface area contributed by atoms with Gasteiger partial charge in [0.25, 0.3) is 0 Å². The van der Waals surface area contributed by atoms with E-state index in [-0.39, 0.29) is 5.54 Å². The van der Waals surface area contributed by atoms with E-state index in [0.29, 0.717) is 22.3 Å². The van der Waals surface area contributed by atoms with Gasteiger partial charge in [-0.1, -0.05) is 23.4 Å². The van der Waals surface area contributed by atoms with Crippen molar-refractivity contribution in [1.82, 2.24) is 9.88 Å². The Morgan fingerprint density at radius 3 is 2.44 bits per heavy atom. The number of amides is 1. The van der Waals surface area contributed by atoms with E-state index in [2.05, 4.69) is 47.8 Å². The second kappa shape index (κ2) is 8.50. The van der Waals surface area contributed by atoms with Crippen molar-refractivity contribution in [2.45, 2.75) is 65.5 Å². The summed E-state index contributed by atoms with van der Waals surface area (Å²) < 4.78 is 5.29. The maximum Gasteiger partial charge on any atom is 0.413 e. The summed E-state index contributed by atoms with van der Waals surface area (Å²) in [6, 6.07) is 1.67. The van der Waals surface area contributed by atoms with Crippen LogP contribution in [-0.4, -0.2) is 40.2 Å². The van der Waals surface area contributed by atoms with Crippen LogP contribution in [0.2, 0.25) is 5.02 Å². The maximum atomic E-state index is 12.1. The molecule has 0 aromatic carbocycles. The minimum Gasteiger partial charge on any atom is -0.444 e. The van der Waals surface area contributed by atoms with Crippen LogP contribution in [0.25, 0.3) is 0 Å². The van der Waals surface area contributed by atoms with E-state index in [0.717, 1.165) is 25.9 Å². The van der Waals surface area contributed by atoms with Crippen molar-refractivity contribution in [1.29, 1.82) is 0 Å². The summed E-state index contributed by atoms with van der Waals surface area (Å²) in [5, 5.41) is 3.12. The Hall–Kier alpha value is -1.77. The van der Waals surface area contributed by atoms with Crippen molar-refractivity contribution in [2.75, 3.05) is 18.4 Å². The largest absolute Gasteiger partial charge is 0.444 e.